The second-order valence-electron chi connectivity index (χ2n) is 8.48. The van der Waals surface area contributed by atoms with Crippen LogP contribution in [0.1, 0.15) is 25.3 Å². The number of halogens is 1. The van der Waals surface area contributed by atoms with Crippen LogP contribution < -0.4 is 16.0 Å². The third-order valence-corrected chi connectivity index (χ3v) is 5.86. The highest BCUT2D eigenvalue weighted by Crippen LogP contribution is 2.46. The van der Waals surface area contributed by atoms with Crippen molar-refractivity contribution in [3.63, 3.8) is 0 Å². The van der Waals surface area contributed by atoms with Crippen molar-refractivity contribution in [2.24, 2.45) is 5.73 Å². The molecule has 1 aliphatic rings. The zero-order valence-electron chi connectivity index (χ0n) is 21.9. The van der Waals surface area contributed by atoms with E-state index in [1.807, 2.05) is 6.07 Å². The quantitative estimate of drug-likeness (QED) is 0.213. The summed E-state index contributed by atoms with van der Waals surface area (Å²) in [7, 11) is 2.10. The zero-order valence-corrected chi connectivity index (χ0v) is 21.9. The molecule has 0 fully saturated rings. The van der Waals surface area contributed by atoms with E-state index in [9.17, 15) is 34.2 Å². The Morgan fingerprint density at radius 1 is 1.15 bits per heavy atom. The van der Waals surface area contributed by atoms with Crippen LogP contribution in [0.2, 0.25) is 0 Å². The minimum atomic E-state index is -1.24. The van der Waals surface area contributed by atoms with Crippen LogP contribution in [-0.2, 0) is 23.9 Å². The number of nitro groups is 1. The van der Waals surface area contributed by atoms with Crippen molar-refractivity contribution in [2.75, 3.05) is 24.4 Å². The lowest BCUT2D eigenvalue weighted by atomic mass is 9.81. The first kappa shape index (κ1) is 29.1. The van der Waals surface area contributed by atoms with Gasteiger partial charge < -0.3 is 20.5 Å². The van der Waals surface area contributed by atoms with Gasteiger partial charge in [-0.25, -0.2) is 9.59 Å². The number of carbonyl (C=O) groups excluding carboxylic acids is 3. The number of nitrogens with zero attached hydrogens (tertiary/aromatic N) is 3. The largest absolute Gasteiger partial charge is 0.466 e. The Labute approximate surface area is 227 Å². The molecule has 3 N–H and O–H groups in total. The molecule has 1 heterocycles. The number of ketones is 1. The molecule has 0 saturated carbocycles. The van der Waals surface area contributed by atoms with E-state index in [2.05, 4.69) is 5.32 Å². The van der Waals surface area contributed by atoms with Gasteiger partial charge in [0.25, 0.3) is 0 Å². The number of nitrogens with one attached hydrogen (secondary N) is 1. The topological polar surface area (TPSA) is 178 Å². The van der Waals surface area contributed by atoms with Crippen LogP contribution in [0, 0.1) is 27.3 Å². The van der Waals surface area contributed by atoms with Gasteiger partial charge in [-0.15, -0.1) is 0 Å². The van der Waals surface area contributed by atoms with Crippen LogP contribution in [0.4, 0.5) is 21.5 Å². The SMILES string of the molecule is COC(=O)C1=C(C(=O)OC)N(c2cc([N+](=O)[O-])c(F)cc2NC(C)=CC(C)=O)C(N)=C(C#N)C1c1ccccc1. The van der Waals surface area contributed by atoms with E-state index in [4.69, 9.17) is 15.2 Å². The maximum atomic E-state index is 14.8. The van der Waals surface area contributed by atoms with Gasteiger partial charge in [-0.05, 0) is 25.5 Å². The highest BCUT2D eigenvalue weighted by atomic mass is 19.1. The monoisotopic (exact) mass is 549 g/mol. The second-order valence-corrected chi connectivity index (χ2v) is 8.48. The molecule has 0 amide bonds. The predicted octanol–water partition coefficient (Wildman–Crippen LogP) is 3.54. The van der Waals surface area contributed by atoms with Gasteiger partial charge in [-0.2, -0.15) is 9.65 Å². The first-order chi connectivity index (χ1) is 19.0. The number of rotatable bonds is 8. The maximum Gasteiger partial charge on any atom is 0.355 e. The Morgan fingerprint density at radius 3 is 2.30 bits per heavy atom. The van der Waals surface area contributed by atoms with Crippen LogP contribution in [-0.4, -0.2) is 36.9 Å². The number of nitriles is 1. The summed E-state index contributed by atoms with van der Waals surface area (Å²) in [4.78, 5) is 49.7. The Morgan fingerprint density at radius 2 is 1.77 bits per heavy atom. The molecule has 206 valence electrons. The number of allylic oxidation sites excluding steroid dienone is 3. The van der Waals surface area contributed by atoms with Crippen molar-refractivity contribution in [3.8, 4) is 6.07 Å². The molecule has 3 rings (SSSR count). The van der Waals surface area contributed by atoms with Crippen molar-refractivity contribution in [1.82, 2.24) is 0 Å². The average Bonchev–Trinajstić information content (AvgIpc) is 2.91. The van der Waals surface area contributed by atoms with Gasteiger partial charge in [-0.1, -0.05) is 30.3 Å². The Bertz CT molecular complexity index is 1540. The fourth-order valence-corrected chi connectivity index (χ4v) is 4.29. The van der Waals surface area contributed by atoms with Gasteiger partial charge in [0.1, 0.15) is 11.5 Å². The third kappa shape index (κ3) is 5.51. The number of methoxy groups -OCH3 is 2. The van der Waals surface area contributed by atoms with Crippen LogP contribution >= 0.6 is 0 Å². The molecule has 12 nitrogen and oxygen atoms in total. The summed E-state index contributed by atoms with van der Waals surface area (Å²) in [6.07, 6.45) is 1.18. The molecular weight excluding hydrogens is 525 g/mol. The highest BCUT2D eigenvalue weighted by molar-refractivity contribution is 6.07. The summed E-state index contributed by atoms with van der Waals surface area (Å²) in [6, 6.07) is 11.7. The van der Waals surface area contributed by atoms with E-state index < -0.39 is 40.0 Å². The molecule has 1 atom stereocenters. The minimum absolute atomic E-state index is 0.179. The second kappa shape index (κ2) is 11.9. The first-order valence-electron chi connectivity index (χ1n) is 11.6. The summed E-state index contributed by atoms with van der Waals surface area (Å²) in [5.41, 5.74) is 4.55. The molecule has 2 aromatic carbocycles. The summed E-state index contributed by atoms with van der Waals surface area (Å²) >= 11 is 0. The van der Waals surface area contributed by atoms with Crippen molar-refractivity contribution >= 4 is 34.8 Å². The minimum Gasteiger partial charge on any atom is -0.466 e. The van der Waals surface area contributed by atoms with Crippen molar-refractivity contribution in [1.29, 1.82) is 5.26 Å². The lowest BCUT2D eigenvalue weighted by molar-refractivity contribution is -0.387. The van der Waals surface area contributed by atoms with Gasteiger partial charge in [-0.3, -0.25) is 19.8 Å². The maximum absolute atomic E-state index is 14.8. The normalized spacial score (nSPS) is 15.3. The Hall–Kier alpha value is -5.51. The van der Waals surface area contributed by atoms with Crippen LogP contribution in [0.15, 0.2) is 76.9 Å². The number of esters is 2. The lowest BCUT2D eigenvalue weighted by Crippen LogP contribution is -2.41. The van der Waals surface area contributed by atoms with E-state index >= 15 is 0 Å². The van der Waals surface area contributed by atoms with E-state index in [0.29, 0.717) is 5.56 Å². The number of nitrogens with two attached hydrogens (primary N) is 1. The number of hydrogen-bond acceptors (Lipinski definition) is 11. The van der Waals surface area contributed by atoms with Crippen molar-refractivity contribution in [3.05, 3.63) is 98.4 Å². The molecule has 13 heteroatoms. The van der Waals surface area contributed by atoms with Crippen LogP contribution in [0.25, 0.3) is 0 Å². The van der Waals surface area contributed by atoms with Crippen molar-refractivity contribution in [2.45, 2.75) is 19.8 Å². The molecular formula is C27H24FN5O7. The first-order valence-corrected chi connectivity index (χ1v) is 11.6. The van der Waals surface area contributed by atoms with Gasteiger partial charge in [0.2, 0.25) is 5.82 Å². The predicted molar refractivity (Wildman–Crippen MR) is 141 cm³/mol. The Balaban J connectivity index is 2.51. The molecule has 1 unspecified atom stereocenters. The summed E-state index contributed by atoms with van der Waals surface area (Å²) in [5, 5.41) is 24.6. The molecule has 40 heavy (non-hydrogen) atoms. The average molecular weight is 550 g/mol. The third-order valence-electron chi connectivity index (χ3n) is 5.86. The number of anilines is 2. The van der Waals surface area contributed by atoms with Crippen LogP contribution in [0.3, 0.4) is 0 Å². The van der Waals surface area contributed by atoms with Crippen LogP contribution in [0.5, 0.6) is 0 Å². The number of benzene rings is 2. The van der Waals surface area contributed by atoms with Gasteiger partial charge in [0.15, 0.2) is 5.78 Å². The summed E-state index contributed by atoms with van der Waals surface area (Å²) in [5.74, 6) is -5.29. The standard InChI is InChI=1S/C27H24FN5O7/c1-14(10-15(2)34)31-19-11-18(28)20(33(37)38)12-21(19)32-24(27(36)40-4)23(26(35)39-3)22(17(13-29)25(32)30)16-8-6-5-7-9-16/h5-12,22,31H,30H2,1-4H3. The van der Waals surface area contributed by atoms with Gasteiger partial charge in [0, 0.05) is 17.8 Å². The number of carbonyl (C=O) groups is 3. The van der Waals surface area contributed by atoms with Gasteiger partial charge in [0.05, 0.1) is 53.7 Å². The fourth-order valence-electron chi connectivity index (χ4n) is 4.29. The van der Waals surface area contributed by atoms with E-state index in [0.717, 1.165) is 31.3 Å². The van der Waals surface area contributed by atoms with E-state index in [1.165, 1.54) is 19.9 Å². The Kier molecular flexibility index (Phi) is 8.65. The molecule has 0 bridgehead atoms. The molecule has 0 aromatic heterocycles. The molecule has 0 spiro atoms. The number of nitro benzene ring substituents is 1. The molecule has 0 radical (unpaired) electrons. The van der Waals surface area contributed by atoms with Gasteiger partial charge >= 0.3 is 17.6 Å². The smallest absolute Gasteiger partial charge is 0.355 e. The van der Waals surface area contributed by atoms with E-state index in [-0.39, 0.29) is 39.8 Å². The molecule has 1 aliphatic heterocycles. The lowest BCUT2D eigenvalue weighted by Gasteiger charge is -2.36. The highest BCUT2D eigenvalue weighted by Gasteiger charge is 2.44. The summed E-state index contributed by atoms with van der Waals surface area (Å²) < 4.78 is 24.7. The summed E-state index contributed by atoms with van der Waals surface area (Å²) in [6.45, 7) is 2.75. The van der Waals surface area contributed by atoms with E-state index in [1.54, 1.807) is 30.3 Å². The zero-order chi connectivity index (χ0) is 29.7. The number of hydrogen-bond donors (Lipinski definition) is 2. The molecule has 0 saturated heterocycles. The molecule has 2 aromatic rings. The fraction of sp³-hybridized carbons (Fsp3) is 0.185. The number of ether oxygens (including phenoxy) is 2. The molecule has 0 aliphatic carbocycles. The van der Waals surface area contributed by atoms with Crippen molar-refractivity contribution < 1.29 is 33.2 Å².